The minimum Gasteiger partial charge on any atom is -0.469 e. The van der Waals surface area contributed by atoms with Crippen molar-refractivity contribution in [3.8, 4) is 0 Å². The molecule has 0 fully saturated rings. The molecule has 0 aromatic carbocycles. The molecule has 0 amide bonds. The lowest BCUT2D eigenvalue weighted by Crippen LogP contribution is -2.47. The Morgan fingerprint density at radius 2 is 1.91 bits per heavy atom. The van der Waals surface area contributed by atoms with Crippen LogP contribution in [-0.4, -0.2) is 35.6 Å². The number of nitrogens with one attached hydrogen (secondary N) is 1. The van der Waals surface area contributed by atoms with Crippen molar-refractivity contribution in [2.24, 2.45) is 0 Å². The van der Waals surface area contributed by atoms with Gasteiger partial charge in [-0.25, -0.2) is 9.97 Å². The third-order valence-corrected chi connectivity index (χ3v) is 6.60. The summed E-state index contributed by atoms with van der Waals surface area (Å²) in [6.45, 7) is 0. The Bertz CT molecular complexity index is 1390. The Balaban J connectivity index is 1.56. The number of allylic oxidation sites excluding steroid dienone is 2. The summed E-state index contributed by atoms with van der Waals surface area (Å²) in [6, 6.07) is 13.4. The minimum absolute atomic E-state index is 0.472. The van der Waals surface area contributed by atoms with Crippen LogP contribution in [0.1, 0.15) is 22.0 Å². The van der Waals surface area contributed by atoms with E-state index in [1.807, 2.05) is 40.6 Å². The summed E-state index contributed by atoms with van der Waals surface area (Å²) in [5.74, 6) is 2.02. The van der Waals surface area contributed by atoms with Crippen LogP contribution < -0.4 is 4.90 Å². The van der Waals surface area contributed by atoms with E-state index in [1.54, 1.807) is 48.5 Å². The van der Waals surface area contributed by atoms with Gasteiger partial charge in [0.25, 0.3) is 0 Å². The Hall–Kier alpha value is -4.38. The van der Waals surface area contributed by atoms with E-state index in [0.29, 0.717) is 30.9 Å². The van der Waals surface area contributed by atoms with Crippen LogP contribution in [0.5, 0.6) is 0 Å². The first kappa shape index (κ1) is 21.2. The smallest absolute Gasteiger partial charge is 0.239 e. The lowest BCUT2D eigenvalue weighted by Gasteiger charge is -2.37. The van der Waals surface area contributed by atoms with Crippen LogP contribution in [0, 0.1) is 0 Å². The van der Waals surface area contributed by atoms with Crippen molar-refractivity contribution in [3.63, 3.8) is 0 Å². The summed E-state index contributed by atoms with van der Waals surface area (Å²) in [7, 11) is 0. The van der Waals surface area contributed by atoms with Gasteiger partial charge in [-0.2, -0.15) is 5.10 Å². The first-order valence-electron chi connectivity index (χ1n) is 11.0. The second-order valence-corrected chi connectivity index (χ2v) is 8.95. The molecule has 5 aromatic heterocycles. The zero-order valence-corrected chi connectivity index (χ0v) is 19.3. The highest BCUT2D eigenvalue weighted by atomic mass is 32.1. The van der Waals surface area contributed by atoms with Crippen LogP contribution in [-0.2, 0) is 29.7 Å². The number of anilines is 1. The maximum Gasteiger partial charge on any atom is 0.239 e. The van der Waals surface area contributed by atoms with E-state index in [2.05, 4.69) is 41.6 Å². The number of ether oxygens (including phenoxy) is 1. The van der Waals surface area contributed by atoms with Crippen LogP contribution in [0.3, 0.4) is 0 Å². The lowest BCUT2D eigenvalue weighted by molar-refractivity contribution is 0.0163. The number of aromatic nitrogens is 7. The van der Waals surface area contributed by atoms with Crippen LogP contribution in [0.25, 0.3) is 0 Å². The molecule has 0 spiro atoms. The number of H-pyrrole nitrogens is 1. The molecular formula is C24H20N8O2S. The molecule has 1 N–H and O–H groups in total. The van der Waals surface area contributed by atoms with Crippen LogP contribution >= 0.6 is 11.3 Å². The van der Waals surface area contributed by atoms with E-state index in [0.717, 1.165) is 27.8 Å². The van der Waals surface area contributed by atoms with E-state index in [9.17, 15) is 0 Å². The molecule has 1 aliphatic rings. The predicted molar refractivity (Wildman–Crippen MR) is 127 cm³/mol. The van der Waals surface area contributed by atoms with Gasteiger partial charge in [0.15, 0.2) is 0 Å². The second kappa shape index (κ2) is 9.11. The van der Waals surface area contributed by atoms with E-state index < -0.39 is 5.72 Å². The van der Waals surface area contributed by atoms with Gasteiger partial charge in [-0.15, -0.1) is 21.5 Å². The Morgan fingerprint density at radius 1 is 0.971 bits per heavy atom. The van der Waals surface area contributed by atoms with E-state index >= 15 is 0 Å². The normalized spacial score (nSPS) is 17.7. The number of hydrogen-bond acceptors (Lipinski definition) is 10. The fourth-order valence-corrected chi connectivity index (χ4v) is 5.03. The van der Waals surface area contributed by atoms with Gasteiger partial charge in [0.2, 0.25) is 11.7 Å². The SMILES string of the molecule is c1cnc(N2C(Cc3ccco3)=C(Cc3ccn[nH]3)OC2(Cc2cccs2)c2ccnnn2)nc1. The standard InChI is InChI=1S/C24H20N8O2S/c1-4-18(33-12-1)15-20-21(14-17-6-10-27-29-17)34-24(16-19-5-2-13-35-19,22-7-11-28-31-30-22)32(20)23-25-8-3-9-26-23/h1-13H,14-16H2,(H,27,29). The zero-order chi connectivity index (χ0) is 23.5. The first-order chi connectivity index (χ1) is 17.3. The largest absolute Gasteiger partial charge is 0.469 e. The molecule has 1 atom stereocenters. The van der Waals surface area contributed by atoms with Crippen molar-refractivity contribution in [1.29, 1.82) is 0 Å². The van der Waals surface area contributed by atoms with Crippen molar-refractivity contribution in [2.45, 2.75) is 25.0 Å². The number of rotatable bonds is 8. The van der Waals surface area contributed by atoms with Gasteiger partial charge in [0.05, 0.1) is 18.2 Å². The molecule has 0 radical (unpaired) electrons. The van der Waals surface area contributed by atoms with Crippen molar-refractivity contribution in [3.05, 3.63) is 112 Å². The van der Waals surface area contributed by atoms with E-state index in [1.165, 1.54) is 0 Å². The van der Waals surface area contributed by atoms with Crippen LogP contribution in [0.15, 0.2) is 94.8 Å². The number of nitrogens with zero attached hydrogens (tertiary/aromatic N) is 7. The molecule has 0 saturated heterocycles. The minimum atomic E-state index is -1.08. The Morgan fingerprint density at radius 3 is 2.63 bits per heavy atom. The van der Waals surface area contributed by atoms with Crippen LogP contribution in [0.4, 0.5) is 5.95 Å². The van der Waals surface area contributed by atoms with Gasteiger partial charge in [-0.05, 0) is 47.0 Å². The third-order valence-electron chi connectivity index (χ3n) is 5.73. The molecule has 1 aliphatic heterocycles. The molecule has 0 bridgehead atoms. The molecule has 35 heavy (non-hydrogen) atoms. The number of thiophene rings is 1. The molecule has 0 aliphatic carbocycles. The molecule has 10 nitrogen and oxygen atoms in total. The maximum atomic E-state index is 6.92. The van der Waals surface area contributed by atoms with Gasteiger partial charge < -0.3 is 9.15 Å². The summed E-state index contributed by atoms with van der Waals surface area (Å²) in [6.07, 6.45) is 9.89. The Kier molecular flexibility index (Phi) is 5.51. The number of aromatic amines is 1. The molecular weight excluding hydrogens is 464 g/mol. The van der Waals surface area contributed by atoms with Crippen molar-refractivity contribution >= 4 is 17.3 Å². The highest BCUT2D eigenvalue weighted by molar-refractivity contribution is 7.09. The van der Waals surface area contributed by atoms with Gasteiger partial charge in [0, 0.05) is 48.4 Å². The topological polar surface area (TPSA) is 119 Å². The highest BCUT2D eigenvalue weighted by Gasteiger charge is 2.52. The summed E-state index contributed by atoms with van der Waals surface area (Å²) >= 11 is 1.65. The average molecular weight is 485 g/mol. The molecule has 0 saturated carbocycles. The summed E-state index contributed by atoms with van der Waals surface area (Å²) in [5.41, 5.74) is 1.30. The predicted octanol–water partition coefficient (Wildman–Crippen LogP) is 3.67. The van der Waals surface area contributed by atoms with E-state index in [-0.39, 0.29) is 0 Å². The summed E-state index contributed by atoms with van der Waals surface area (Å²) < 4.78 is 12.7. The molecule has 174 valence electrons. The van der Waals surface area contributed by atoms with Gasteiger partial charge in [0.1, 0.15) is 17.2 Å². The molecule has 11 heteroatoms. The molecule has 5 aromatic rings. The maximum absolute atomic E-state index is 6.92. The fraction of sp³-hybridized carbons (Fsp3) is 0.167. The van der Waals surface area contributed by atoms with Gasteiger partial charge in [-0.3, -0.25) is 10.00 Å². The Labute approximate surface area is 204 Å². The van der Waals surface area contributed by atoms with Gasteiger partial charge in [-0.1, -0.05) is 6.07 Å². The second-order valence-electron chi connectivity index (χ2n) is 7.92. The fourth-order valence-electron chi connectivity index (χ4n) is 4.26. The quantitative estimate of drug-likeness (QED) is 0.352. The third kappa shape index (κ3) is 4.06. The molecule has 6 heterocycles. The van der Waals surface area contributed by atoms with Crippen molar-refractivity contribution in [2.75, 3.05) is 4.90 Å². The lowest BCUT2D eigenvalue weighted by atomic mass is 10.0. The zero-order valence-electron chi connectivity index (χ0n) is 18.5. The van der Waals surface area contributed by atoms with Crippen molar-refractivity contribution < 1.29 is 9.15 Å². The number of furan rings is 1. The number of hydrogen-bond donors (Lipinski definition) is 1. The summed E-state index contributed by atoms with van der Waals surface area (Å²) in [4.78, 5) is 12.4. The average Bonchev–Trinajstić information content (AvgIpc) is 3.71. The first-order valence-corrected chi connectivity index (χ1v) is 11.9. The van der Waals surface area contributed by atoms with Crippen molar-refractivity contribution in [1.82, 2.24) is 35.6 Å². The molecule has 6 rings (SSSR count). The van der Waals surface area contributed by atoms with Crippen LogP contribution in [0.2, 0.25) is 0 Å². The molecule has 1 unspecified atom stereocenters. The highest BCUT2D eigenvalue weighted by Crippen LogP contribution is 2.47. The van der Waals surface area contributed by atoms with E-state index in [4.69, 9.17) is 9.15 Å². The summed E-state index contributed by atoms with van der Waals surface area (Å²) in [5, 5.41) is 21.4. The van der Waals surface area contributed by atoms with Gasteiger partial charge >= 0.3 is 0 Å². The monoisotopic (exact) mass is 484 g/mol.